The zero-order valence-electron chi connectivity index (χ0n) is 9.75. The van der Waals surface area contributed by atoms with Crippen LogP contribution >= 0.6 is 0 Å². The number of benzene rings is 1. The first-order chi connectivity index (χ1) is 8.51. The predicted molar refractivity (Wildman–Crippen MR) is 62.9 cm³/mol. The molecule has 96 valence electrons. The summed E-state index contributed by atoms with van der Waals surface area (Å²) in [6.45, 7) is 0. The van der Waals surface area contributed by atoms with Crippen molar-refractivity contribution in [3.05, 3.63) is 33.9 Å². The molecule has 18 heavy (non-hydrogen) atoms. The average molecular weight is 253 g/mol. The van der Waals surface area contributed by atoms with Gasteiger partial charge >= 0.3 is 11.7 Å². The van der Waals surface area contributed by atoms with Crippen LogP contribution < -0.4 is 9.47 Å². The topological polar surface area (TPSA) is 98.9 Å². The highest BCUT2D eigenvalue weighted by Crippen LogP contribution is 2.39. The van der Waals surface area contributed by atoms with Crippen LogP contribution in [0, 0.1) is 10.1 Å². The van der Waals surface area contributed by atoms with Crippen LogP contribution in [0.1, 0.15) is 5.56 Å². The number of nitro benzene ring substituents is 1. The maximum Gasteiger partial charge on any atom is 0.328 e. The van der Waals surface area contributed by atoms with E-state index >= 15 is 0 Å². The van der Waals surface area contributed by atoms with Gasteiger partial charge < -0.3 is 14.6 Å². The number of hydrogen-bond acceptors (Lipinski definition) is 5. The number of carboxylic acids is 1. The van der Waals surface area contributed by atoms with Gasteiger partial charge in [-0.3, -0.25) is 10.1 Å². The second-order valence-corrected chi connectivity index (χ2v) is 3.17. The number of ether oxygens (including phenoxy) is 2. The Morgan fingerprint density at radius 1 is 1.39 bits per heavy atom. The molecular formula is C11H11NO6. The van der Waals surface area contributed by atoms with Crippen molar-refractivity contribution in [3.8, 4) is 11.5 Å². The Hall–Kier alpha value is -2.57. The van der Waals surface area contributed by atoms with E-state index < -0.39 is 10.9 Å². The summed E-state index contributed by atoms with van der Waals surface area (Å²) in [5, 5.41) is 19.5. The third kappa shape index (κ3) is 2.76. The van der Waals surface area contributed by atoms with Crippen LogP contribution in [0.4, 0.5) is 5.69 Å². The van der Waals surface area contributed by atoms with Crippen LogP contribution in [0.25, 0.3) is 6.08 Å². The lowest BCUT2D eigenvalue weighted by Gasteiger charge is -2.09. The van der Waals surface area contributed by atoms with E-state index in [1.807, 2.05) is 0 Å². The maximum atomic E-state index is 11.0. The van der Waals surface area contributed by atoms with Gasteiger partial charge in [0.25, 0.3) is 0 Å². The number of hydrogen-bond donors (Lipinski definition) is 1. The molecule has 0 radical (unpaired) electrons. The first-order valence-electron chi connectivity index (χ1n) is 4.81. The molecule has 0 spiro atoms. The van der Waals surface area contributed by atoms with E-state index in [1.54, 1.807) is 0 Å². The van der Waals surface area contributed by atoms with Gasteiger partial charge in [0.1, 0.15) is 0 Å². The standard InChI is InChI=1S/C11H11NO6/c1-17-8-5-3-7(4-6-9(13)14)10(12(15)16)11(8)18-2/h3-6H,1-2H3,(H,13,14)/b6-4+. The fraction of sp³-hybridized carbons (Fsp3) is 0.182. The van der Waals surface area contributed by atoms with Crippen LogP contribution in [0.2, 0.25) is 0 Å². The van der Waals surface area contributed by atoms with Crippen molar-refractivity contribution in [1.29, 1.82) is 0 Å². The average Bonchev–Trinajstić information content (AvgIpc) is 2.34. The van der Waals surface area contributed by atoms with Crippen LogP contribution in [-0.2, 0) is 4.79 Å². The minimum atomic E-state index is -1.20. The molecule has 1 rings (SSSR count). The van der Waals surface area contributed by atoms with Gasteiger partial charge in [0.05, 0.1) is 24.7 Å². The Bertz CT molecular complexity index is 509. The molecule has 0 aromatic heterocycles. The molecule has 1 aromatic carbocycles. The highest BCUT2D eigenvalue weighted by Gasteiger charge is 2.23. The van der Waals surface area contributed by atoms with Gasteiger partial charge in [-0.05, 0) is 18.2 Å². The molecule has 7 heteroatoms. The molecule has 0 aliphatic carbocycles. The van der Waals surface area contributed by atoms with Gasteiger partial charge in [0.15, 0.2) is 5.75 Å². The number of carboxylic acid groups (broad SMARTS) is 1. The Labute approximate surface area is 102 Å². The quantitative estimate of drug-likeness (QED) is 0.487. The third-order valence-electron chi connectivity index (χ3n) is 2.14. The first-order valence-corrected chi connectivity index (χ1v) is 4.81. The third-order valence-corrected chi connectivity index (χ3v) is 2.14. The summed E-state index contributed by atoms with van der Waals surface area (Å²) in [6, 6.07) is 2.85. The van der Waals surface area contributed by atoms with Gasteiger partial charge in [-0.2, -0.15) is 0 Å². The van der Waals surface area contributed by atoms with E-state index in [9.17, 15) is 14.9 Å². The van der Waals surface area contributed by atoms with Crippen molar-refractivity contribution in [2.45, 2.75) is 0 Å². The van der Waals surface area contributed by atoms with E-state index in [2.05, 4.69) is 0 Å². The summed E-state index contributed by atoms with van der Waals surface area (Å²) in [5.74, 6) is -1.04. The molecule has 0 amide bonds. The summed E-state index contributed by atoms with van der Waals surface area (Å²) >= 11 is 0. The van der Waals surface area contributed by atoms with Gasteiger partial charge in [0, 0.05) is 6.08 Å². The fourth-order valence-electron chi connectivity index (χ4n) is 1.41. The SMILES string of the molecule is COc1ccc(/C=C/C(=O)O)c([N+](=O)[O-])c1OC. The van der Waals surface area contributed by atoms with E-state index in [1.165, 1.54) is 26.4 Å². The molecule has 7 nitrogen and oxygen atoms in total. The summed E-state index contributed by atoms with van der Waals surface area (Å²) in [4.78, 5) is 20.8. The summed E-state index contributed by atoms with van der Waals surface area (Å²) in [5.41, 5.74) is -0.214. The summed E-state index contributed by atoms with van der Waals surface area (Å²) in [7, 11) is 2.63. The molecule has 0 aliphatic rings. The second kappa shape index (κ2) is 5.67. The lowest BCUT2D eigenvalue weighted by Crippen LogP contribution is -1.99. The van der Waals surface area contributed by atoms with Crippen molar-refractivity contribution < 1.29 is 24.3 Å². The molecule has 0 bridgehead atoms. The highest BCUT2D eigenvalue weighted by molar-refractivity contribution is 5.87. The molecule has 0 saturated heterocycles. The zero-order valence-corrected chi connectivity index (χ0v) is 9.75. The Morgan fingerprint density at radius 2 is 2.06 bits per heavy atom. The van der Waals surface area contributed by atoms with Crippen LogP contribution in [0.5, 0.6) is 11.5 Å². The largest absolute Gasteiger partial charge is 0.493 e. The number of aliphatic carboxylic acids is 1. The fourth-order valence-corrected chi connectivity index (χ4v) is 1.41. The lowest BCUT2D eigenvalue weighted by molar-refractivity contribution is -0.386. The summed E-state index contributed by atoms with van der Waals surface area (Å²) in [6.07, 6.45) is 1.94. The van der Waals surface area contributed by atoms with E-state index in [0.29, 0.717) is 0 Å². The highest BCUT2D eigenvalue weighted by atomic mass is 16.6. The number of nitro groups is 1. The molecule has 1 aromatic rings. The van der Waals surface area contributed by atoms with Gasteiger partial charge in [-0.15, -0.1) is 0 Å². The molecule has 0 saturated carbocycles. The van der Waals surface area contributed by atoms with Crippen LogP contribution in [0.15, 0.2) is 18.2 Å². The van der Waals surface area contributed by atoms with Crippen molar-refractivity contribution in [1.82, 2.24) is 0 Å². The van der Waals surface area contributed by atoms with Crippen LogP contribution in [0.3, 0.4) is 0 Å². The normalized spacial score (nSPS) is 10.3. The van der Waals surface area contributed by atoms with E-state index in [4.69, 9.17) is 14.6 Å². The number of methoxy groups -OCH3 is 2. The van der Waals surface area contributed by atoms with Crippen molar-refractivity contribution >= 4 is 17.7 Å². The molecular weight excluding hydrogens is 242 g/mol. The van der Waals surface area contributed by atoms with Crippen molar-refractivity contribution in [3.63, 3.8) is 0 Å². The van der Waals surface area contributed by atoms with Crippen molar-refractivity contribution in [2.75, 3.05) is 14.2 Å². The van der Waals surface area contributed by atoms with E-state index in [-0.39, 0.29) is 22.7 Å². The smallest absolute Gasteiger partial charge is 0.328 e. The second-order valence-electron chi connectivity index (χ2n) is 3.17. The van der Waals surface area contributed by atoms with Crippen molar-refractivity contribution in [2.24, 2.45) is 0 Å². The van der Waals surface area contributed by atoms with Gasteiger partial charge in [-0.25, -0.2) is 4.79 Å². The number of nitrogens with zero attached hydrogens (tertiary/aromatic N) is 1. The monoisotopic (exact) mass is 253 g/mol. The minimum Gasteiger partial charge on any atom is -0.493 e. The minimum absolute atomic E-state index is 0.0463. The predicted octanol–water partition coefficient (Wildman–Crippen LogP) is 1.71. The number of carbonyl (C=O) groups is 1. The molecule has 0 atom stereocenters. The molecule has 0 fully saturated rings. The van der Waals surface area contributed by atoms with E-state index in [0.717, 1.165) is 12.2 Å². The molecule has 1 N–H and O–H groups in total. The molecule has 0 heterocycles. The summed E-state index contributed by atoms with van der Waals surface area (Å²) < 4.78 is 9.87. The Kier molecular flexibility index (Phi) is 4.25. The zero-order chi connectivity index (χ0) is 13.7. The molecule has 0 unspecified atom stereocenters. The van der Waals surface area contributed by atoms with Gasteiger partial charge in [-0.1, -0.05) is 0 Å². The number of rotatable bonds is 5. The van der Waals surface area contributed by atoms with Crippen LogP contribution in [-0.4, -0.2) is 30.2 Å². The van der Waals surface area contributed by atoms with Gasteiger partial charge in [0.2, 0.25) is 5.75 Å². The molecule has 0 aliphatic heterocycles. The lowest BCUT2D eigenvalue weighted by atomic mass is 10.1. The maximum absolute atomic E-state index is 11.0. The Morgan fingerprint density at radius 3 is 2.50 bits per heavy atom. The Balaban J connectivity index is 3.44. The first kappa shape index (κ1) is 13.5.